The van der Waals surface area contributed by atoms with E-state index in [4.69, 9.17) is 4.74 Å². The number of rotatable bonds is 6. The Morgan fingerprint density at radius 1 is 1.20 bits per heavy atom. The monoisotopic (exact) mass is 403 g/mol. The van der Waals surface area contributed by atoms with Crippen molar-refractivity contribution >= 4 is 27.4 Å². The van der Waals surface area contributed by atoms with Crippen LogP contribution in [0, 0.1) is 10.1 Å². The molecule has 3 rings (SSSR count). The summed E-state index contributed by atoms with van der Waals surface area (Å²) < 4.78 is 6.98. The number of hydrogen-bond donors (Lipinski definition) is 0. The van der Waals surface area contributed by atoms with E-state index in [0.717, 1.165) is 22.9 Å². The van der Waals surface area contributed by atoms with Crippen LogP contribution in [-0.4, -0.2) is 16.3 Å². The Morgan fingerprint density at radius 2 is 1.92 bits per heavy atom. The Hall–Kier alpha value is -2.21. The molecule has 1 heterocycles. The number of Topliss-reactive ketones (excluding diaryl/α,β-unsaturated/α-hetero) is 1. The van der Waals surface area contributed by atoms with Gasteiger partial charge in [0.15, 0.2) is 5.60 Å². The van der Waals surface area contributed by atoms with Crippen LogP contribution in [0.5, 0.6) is 5.75 Å². The number of carbonyl (C=O) groups is 1. The van der Waals surface area contributed by atoms with E-state index in [1.807, 2.05) is 6.07 Å². The molecule has 0 fully saturated rings. The zero-order valence-electron chi connectivity index (χ0n) is 13.8. The van der Waals surface area contributed by atoms with Crippen LogP contribution < -0.4 is 4.74 Å². The summed E-state index contributed by atoms with van der Waals surface area (Å²) in [5.74, 6) is 0.585. The van der Waals surface area contributed by atoms with Gasteiger partial charge in [0.2, 0.25) is 5.78 Å². The fraction of sp³-hybridized carbons (Fsp3) is 0.316. The van der Waals surface area contributed by atoms with Crippen LogP contribution in [0.3, 0.4) is 0 Å². The van der Waals surface area contributed by atoms with Crippen molar-refractivity contribution in [3.63, 3.8) is 0 Å². The van der Waals surface area contributed by atoms with Crippen molar-refractivity contribution in [2.45, 2.75) is 38.2 Å². The van der Waals surface area contributed by atoms with Crippen molar-refractivity contribution in [1.29, 1.82) is 0 Å². The number of unbranched alkanes of at least 4 members (excludes halogenated alkanes) is 1. The standard InChI is InChI=1S/C19H18BrNO4/c1-2-3-10-19(12-13-4-7-15(8-5-13)21(23)24)18(22)16-11-14(20)6-9-17(16)25-19/h4-9,11H,2-3,10,12H2,1H3. The molecule has 0 amide bonds. The summed E-state index contributed by atoms with van der Waals surface area (Å²) in [6, 6.07) is 11.8. The molecule has 0 N–H and O–H groups in total. The molecule has 0 spiro atoms. The third kappa shape index (κ3) is 3.44. The molecule has 2 aromatic carbocycles. The lowest BCUT2D eigenvalue weighted by Gasteiger charge is -2.27. The van der Waals surface area contributed by atoms with Crippen molar-refractivity contribution in [2.75, 3.05) is 0 Å². The van der Waals surface area contributed by atoms with Gasteiger partial charge < -0.3 is 4.74 Å². The Labute approximate surface area is 154 Å². The number of non-ortho nitro benzene ring substituents is 1. The van der Waals surface area contributed by atoms with Gasteiger partial charge in [0.25, 0.3) is 5.69 Å². The van der Waals surface area contributed by atoms with Crippen LogP contribution in [0.4, 0.5) is 5.69 Å². The summed E-state index contributed by atoms with van der Waals surface area (Å²) in [6.45, 7) is 2.07. The third-order valence-corrected chi connectivity index (χ3v) is 4.97. The van der Waals surface area contributed by atoms with Gasteiger partial charge in [-0.25, -0.2) is 0 Å². The molecule has 2 aromatic rings. The van der Waals surface area contributed by atoms with Gasteiger partial charge in [0, 0.05) is 23.0 Å². The second kappa shape index (κ2) is 6.96. The molecular formula is C19H18BrNO4. The molecule has 1 aliphatic rings. The zero-order chi connectivity index (χ0) is 18.0. The second-order valence-corrected chi connectivity index (χ2v) is 7.19. The molecule has 6 heteroatoms. The molecule has 0 saturated heterocycles. The highest BCUT2D eigenvalue weighted by atomic mass is 79.9. The van der Waals surface area contributed by atoms with E-state index >= 15 is 0 Å². The number of ketones is 1. The van der Waals surface area contributed by atoms with E-state index < -0.39 is 10.5 Å². The van der Waals surface area contributed by atoms with Crippen molar-refractivity contribution in [3.05, 3.63) is 68.2 Å². The molecule has 25 heavy (non-hydrogen) atoms. The van der Waals surface area contributed by atoms with E-state index in [1.165, 1.54) is 12.1 Å². The van der Waals surface area contributed by atoms with Gasteiger partial charge in [0.1, 0.15) is 5.75 Å². The van der Waals surface area contributed by atoms with Crippen LogP contribution in [0.1, 0.15) is 42.1 Å². The second-order valence-electron chi connectivity index (χ2n) is 6.27. The highest BCUT2D eigenvalue weighted by Crippen LogP contribution is 2.41. The van der Waals surface area contributed by atoms with Gasteiger partial charge in [-0.15, -0.1) is 0 Å². The van der Waals surface area contributed by atoms with E-state index in [0.29, 0.717) is 24.2 Å². The molecule has 1 unspecified atom stereocenters. The minimum Gasteiger partial charge on any atom is -0.478 e. The first-order chi connectivity index (χ1) is 11.9. The fourth-order valence-electron chi connectivity index (χ4n) is 3.17. The minimum absolute atomic E-state index is 0.0180. The lowest BCUT2D eigenvalue weighted by molar-refractivity contribution is -0.384. The predicted octanol–water partition coefficient (Wildman–Crippen LogP) is 5.10. The Morgan fingerprint density at radius 3 is 2.56 bits per heavy atom. The van der Waals surface area contributed by atoms with E-state index in [-0.39, 0.29) is 11.5 Å². The van der Waals surface area contributed by atoms with E-state index in [2.05, 4.69) is 22.9 Å². The Kier molecular flexibility index (Phi) is 4.90. The minimum atomic E-state index is -0.935. The van der Waals surface area contributed by atoms with E-state index in [1.54, 1.807) is 24.3 Å². The number of nitro groups is 1. The van der Waals surface area contributed by atoms with Gasteiger partial charge in [-0.3, -0.25) is 14.9 Å². The first kappa shape index (κ1) is 17.6. The largest absolute Gasteiger partial charge is 0.478 e. The van der Waals surface area contributed by atoms with Crippen LogP contribution in [0.15, 0.2) is 46.9 Å². The predicted molar refractivity (Wildman–Crippen MR) is 98.2 cm³/mol. The van der Waals surface area contributed by atoms with Crippen molar-refractivity contribution in [2.24, 2.45) is 0 Å². The molecule has 0 bridgehead atoms. The smallest absolute Gasteiger partial charge is 0.269 e. The molecular weight excluding hydrogens is 386 g/mol. The Balaban J connectivity index is 1.92. The molecule has 1 atom stereocenters. The number of nitro benzene ring substituents is 1. The maximum absolute atomic E-state index is 13.1. The third-order valence-electron chi connectivity index (χ3n) is 4.48. The topological polar surface area (TPSA) is 69.4 Å². The average Bonchev–Trinajstić information content (AvgIpc) is 2.86. The zero-order valence-corrected chi connectivity index (χ0v) is 15.4. The van der Waals surface area contributed by atoms with Crippen molar-refractivity contribution in [3.8, 4) is 5.75 Å². The number of halogens is 1. The number of hydrogen-bond acceptors (Lipinski definition) is 4. The van der Waals surface area contributed by atoms with Gasteiger partial charge in [-0.05, 0) is 36.6 Å². The molecule has 0 saturated carbocycles. The SMILES string of the molecule is CCCCC1(Cc2ccc([N+](=O)[O-])cc2)Oc2ccc(Br)cc2C1=O. The van der Waals surface area contributed by atoms with Crippen molar-refractivity contribution < 1.29 is 14.5 Å². The van der Waals surface area contributed by atoms with Gasteiger partial charge in [-0.1, -0.05) is 41.4 Å². The normalized spacial score (nSPS) is 18.7. The van der Waals surface area contributed by atoms with Crippen LogP contribution in [0.2, 0.25) is 0 Å². The maximum Gasteiger partial charge on any atom is 0.269 e. The first-order valence-electron chi connectivity index (χ1n) is 8.22. The van der Waals surface area contributed by atoms with Crippen LogP contribution >= 0.6 is 15.9 Å². The summed E-state index contributed by atoms with van der Waals surface area (Å²) in [6.07, 6.45) is 2.84. The van der Waals surface area contributed by atoms with Gasteiger partial charge in [0.05, 0.1) is 10.5 Å². The first-order valence-corrected chi connectivity index (χ1v) is 9.01. The maximum atomic E-state index is 13.1. The molecule has 130 valence electrons. The lowest BCUT2D eigenvalue weighted by atomic mass is 9.84. The number of benzene rings is 2. The quantitative estimate of drug-likeness (QED) is 0.496. The number of fused-ring (bicyclic) bond motifs is 1. The van der Waals surface area contributed by atoms with Crippen LogP contribution in [0.25, 0.3) is 0 Å². The van der Waals surface area contributed by atoms with E-state index in [9.17, 15) is 14.9 Å². The highest BCUT2D eigenvalue weighted by molar-refractivity contribution is 9.10. The van der Waals surface area contributed by atoms with Crippen LogP contribution in [-0.2, 0) is 6.42 Å². The number of nitrogens with zero attached hydrogens (tertiary/aromatic N) is 1. The van der Waals surface area contributed by atoms with Crippen molar-refractivity contribution in [1.82, 2.24) is 0 Å². The lowest BCUT2D eigenvalue weighted by Crippen LogP contribution is -2.42. The average molecular weight is 404 g/mol. The number of carbonyl (C=O) groups excluding carboxylic acids is 1. The number of ether oxygens (including phenoxy) is 1. The summed E-state index contributed by atoms with van der Waals surface area (Å²) in [7, 11) is 0. The molecule has 0 aliphatic carbocycles. The summed E-state index contributed by atoms with van der Waals surface area (Å²) in [5.41, 5.74) is 0.543. The fourth-order valence-corrected chi connectivity index (χ4v) is 3.53. The molecule has 0 aromatic heterocycles. The molecule has 5 nitrogen and oxygen atoms in total. The van der Waals surface area contributed by atoms with Gasteiger partial charge >= 0.3 is 0 Å². The highest BCUT2D eigenvalue weighted by Gasteiger charge is 2.47. The summed E-state index contributed by atoms with van der Waals surface area (Å²) in [5, 5.41) is 10.8. The van der Waals surface area contributed by atoms with Gasteiger partial charge in [-0.2, -0.15) is 0 Å². The molecule has 1 aliphatic heterocycles. The Bertz CT molecular complexity index is 819. The molecule has 0 radical (unpaired) electrons. The summed E-state index contributed by atoms with van der Waals surface area (Å²) >= 11 is 3.40. The summed E-state index contributed by atoms with van der Waals surface area (Å²) in [4.78, 5) is 23.5.